The monoisotopic (exact) mass is 248 g/mol. The van der Waals surface area contributed by atoms with Gasteiger partial charge in [-0.2, -0.15) is 4.39 Å². The zero-order valence-electron chi connectivity index (χ0n) is 10.7. The summed E-state index contributed by atoms with van der Waals surface area (Å²) in [7, 11) is 3.79. The highest BCUT2D eigenvalue weighted by atomic mass is 19.1. The maximum absolute atomic E-state index is 12.8. The minimum Gasteiger partial charge on any atom is -0.328 e. The normalized spacial score (nSPS) is 18.3. The van der Waals surface area contributed by atoms with Gasteiger partial charge in [0.2, 0.25) is 5.95 Å². The van der Waals surface area contributed by atoms with Crippen molar-refractivity contribution in [3.05, 3.63) is 42.1 Å². The van der Waals surface area contributed by atoms with Crippen LogP contribution in [0.25, 0.3) is 0 Å². The molecule has 0 bridgehead atoms. The lowest BCUT2D eigenvalue weighted by Gasteiger charge is -2.36. The fourth-order valence-corrected chi connectivity index (χ4v) is 2.07. The Balaban J connectivity index is 2.24. The fourth-order valence-electron chi connectivity index (χ4n) is 2.07. The molecule has 0 radical (unpaired) electrons. The molecule has 1 saturated heterocycles. The van der Waals surface area contributed by atoms with E-state index in [-0.39, 0.29) is 0 Å². The van der Waals surface area contributed by atoms with Gasteiger partial charge in [0, 0.05) is 44.1 Å². The molecule has 4 nitrogen and oxygen atoms in total. The molecule has 1 aromatic heterocycles. The lowest BCUT2D eigenvalue weighted by atomic mass is 10.2. The fraction of sp³-hybridized carbons (Fsp3) is 0.385. The van der Waals surface area contributed by atoms with Crippen LogP contribution in [-0.4, -0.2) is 54.3 Å². The molecule has 0 saturated carbocycles. The highest BCUT2D eigenvalue weighted by Crippen LogP contribution is 2.15. The molecule has 2 rings (SSSR count). The predicted octanol–water partition coefficient (Wildman–Crippen LogP) is 1.36. The minimum absolute atomic E-state index is 0.480. The summed E-state index contributed by atoms with van der Waals surface area (Å²) in [5, 5.41) is 0. The van der Waals surface area contributed by atoms with Gasteiger partial charge in [-0.25, -0.2) is 4.98 Å². The number of rotatable bonds is 1. The smallest absolute Gasteiger partial charge is 0.212 e. The van der Waals surface area contributed by atoms with Crippen molar-refractivity contribution in [3.8, 4) is 0 Å². The van der Waals surface area contributed by atoms with Gasteiger partial charge in [-0.1, -0.05) is 6.58 Å². The van der Waals surface area contributed by atoms with Gasteiger partial charge in [0.1, 0.15) is 5.84 Å². The Labute approximate surface area is 106 Å². The lowest BCUT2D eigenvalue weighted by Crippen LogP contribution is -2.45. The van der Waals surface area contributed by atoms with Gasteiger partial charge in [-0.15, -0.1) is 0 Å². The zero-order chi connectivity index (χ0) is 13.1. The van der Waals surface area contributed by atoms with Crippen LogP contribution in [0.1, 0.15) is 5.56 Å². The average molecular weight is 248 g/mol. The minimum atomic E-state index is -0.480. The zero-order valence-corrected chi connectivity index (χ0v) is 10.7. The molecule has 5 heteroatoms. The number of halogens is 1. The van der Waals surface area contributed by atoms with Crippen molar-refractivity contribution in [2.45, 2.75) is 0 Å². The van der Waals surface area contributed by atoms with Crippen molar-refractivity contribution >= 4 is 5.84 Å². The summed E-state index contributed by atoms with van der Waals surface area (Å²) in [5.74, 6) is 0.312. The third-order valence-electron chi connectivity index (χ3n) is 2.99. The van der Waals surface area contributed by atoms with E-state index in [9.17, 15) is 4.39 Å². The first kappa shape index (κ1) is 12.7. The van der Waals surface area contributed by atoms with E-state index in [0.29, 0.717) is 0 Å². The molecule has 1 aliphatic heterocycles. The van der Waals surface area contributed by atoms with Crippen molar-refractivity contribution in [2.75, 3.05) is 33.7 Å². The number of amidine groups is 1. The van der Waals surface area contributed by atoms with Crippen LogP contribution in [0.3, 0.4) is 0 Å². The molecule has 18 heavy (non-hydrogen) atoms. The van der Waals surface area contributed by atoms with E-state index in [4.69, 9.17) is 0 Å². The lowest BCUT2D eigenvalue weighted by molar-refractivity contribution is 0.261. The number of aliphatic imine (C=N–C) groups is 1. The molecule has 1 aliphatic rings. The molecular formula is C13H17FN4. The molecule has 0 aliphatic carbocycles. The molecule has 0 aromatic carbocycles. The SMILES string of the molecule is C=C1CN(C)CCN1/C(=N\C)c1ccc(F)nc1. The summed E-state index contributed by atoms with van der Waals surface area (Å²) in [6.07, 6.45) is 1.50. The molecule has 0 spiro atoms. The largest absolute Gasteiger partial charge is 0.328 e. The van der Waals surface area contributed by atoms with Gasteiger partial charge in [-0.05, 0) is 19.2 Å². The van der Waals surface area contributed by atoms with Crippen molar-refractivity contribution in [1.29, 1.82) is 0 Å². The molecule has 0 amide bonds. The van der Waals surface area contributed by atoms with Crippen LogP contribution in [-0.2, 0) is 0 Å². The van der Waals surface area contributed by atoms with Crippen LogP contribution in [0.5, 0.6) is 0 Å². The summed E-state index contributed by atoms with van der Waals surface area (Å²) in [6.45, 7) is 6.66. The standard InChI is InChI=1S/C13H17FN4/c1-10-9-17(3)6-7-18(10)13(15-2)11-4-5-12(14)16-8-11/h4-5,8H,1,6-7,9H2,2-3H3/b15-13-. The van der Waals surface area contributed by atoms with Crippen LogP contribution in [0.2, 0.25) is 0 Å². The molecule has 0 N–H and O–H groups in total. The van der Waals surface area contributed by atoms with E-state index in [2.05, 4.69) is 33.4 Å². The summed E-state index contributed by atoms with van der Waals surface area (Å²) in [5.41, 5.74) is 1.80. The number of likely N-dealkylation sites (N-methyl/N-ethyl adjacent to an activating group) is 1. The van der Waals surface area contributed by atoms with Crippen molar-refractivity contribution in [1.82, 2.24) is 14.8 Å². The van der Waals surface area contributed by atoms with E-state index in [1.807, 2.05) is 0 Å². The van der Waals surface area contributed by atoms with Crippen molar-refractivity contribution in [3.63, 3.8) is 0 Å². The number of piperazine rings is 1. The Bertz CT molecular complexity index is 466. The third kappa shape index (κ3) is 2.56. The van der Waals surface area contributed by atoms with Gasteiger partial charge < -0.3 is 4.90 Å². The molecule has 0 atom stereocenters. The predicted molar refractivity (Wildman–Crippen MR) is 70.0 cm³/mol. The molecule has 1 aromatic rings. The third-order valence-corrected chi connectivity index (χ3v) is 2.99. The first-order chi connectivity index (χ1) is 8.61. The Kier molecular flexibility index (Phi) is 3.72. The number of nitrogens with zero attached hydrogens (tertiary/aromatic N) is 4. The highest BCUT2D eigenvalue weighted by Gasteiger charge is 2.21. The van der Waals surface area contributed by atoms with Crippen molar-refractivity contribution < 1.29 is 4.39 Å². The molecule has 96 valence electrons. The van der Waals surface area contributed by atoms with Crippen LogP contribution in [0.15, 0.2) is 35.6 Å². The maximum Gasteiger partial charge on any atom is 0.212 e. The molecule has 1 fully saturated rings. The van der Waals surface area contributed by atoms with Gasteiger partial charge >= 0.3 is 0 Å². The number of pyridine rings is 1. The first-order valence-corrected chi connectivity index (χ1v) is 5.84. The summed E-state index contributed by atoms with van der Waals surface area (Å²) < 4.78 is 12.8. The number of hydrogen-bond acceptors (Lipinski definition) is 3. The molecular weight excluding hydrogens is 231 g/mol. The van der Waals surface area contributed by atoms with Crippen molar-refractivity contribution in [2.24, 2.45) is 4.99 Å². The van der Waals surface area contributed by atoms with Crippen LogP contribution in [0, 0.1) is 5.95 Å². The summed E-state index contributed by atoms with van der Waals surface area (Å²) >= 11 is 0. The van der Waals surface area contributed by atoms with E-state index in [1.54, 1.807) is 13.1 Å². The Hall–Kier alpha value is -1.75. The van der Waals surface area contributed by atoms with E-state index in [1.165, 1.54) is 12.3 Å². The molecule has 2 heterocycles. The Morgan fingerprint density at radius 1 is 1.44 bits per heavy atom. The number of hydrogen-bond donors (Lipinski definition) is 0. The van der Waals surface area contributed by atoms with Crippen LogP contribution < -0.4 is 0 Å². The van der Waals surface area contributed by atoms with Gasteiger partial charge in [-0.3, -0.25) is 9.89 Å². The van der Waals surface area contributed by atoms with Crippen LogP contribution in [0.4, 0.5) is 4.39 Å². The quantitative estimate of drug-likeness (QED) is 0.427. The van der Waals surface area contributed by atoms with Gasteiger partial charge in [0.25, 0.3) is 0 Å². The van der Waals surface area contributed by atoms with Gasteiger partial charge in [0.05, 0.1) is 0 Å². The average Bonchev–Trinajstić information content (AvgIpc) is 2.35. The Morgan fingerprint density at radius 2 is 2.22 bits per heavy atom. The van der Waals surface area contributed by atoms with Crippen LogP contribution >= 0.6 is 0 Å². The molecule has 0 unspecified atom stereocenters. The van der Waals surface area contributed by atoms with Gasteiger partial charge in [0.15, 0.2) is 0 Å². The number of aromatic nitrogens is 1. The second-order valence-electron chi connectivity index (χ2n) is 4.37. The summed E-state index contributed by atoms with van der Waals surface area (Å²) in [6, 6.07) is 3.04. The van der Waals surface area contributed by atoms with E-state index in [0.717, 1.165) is 36.7 Å². The van der Waals surface area contributed by atoms with E-state index >= 15 is 0 Å². The Morgan fingerprint density at radius 3 is 2.78 bits per heavy atom. The van der Waals surface area contributed by atoms with E-state index < -0.39 is 5.95 Å². The second-order valence-corrected chi connectivity index (χ2v) is 4.37. The topological polar surface area (TPSA) is 31.7 Å². The second kappa shape index (κ2) is 5.27. The highest BCUT2D eigenvalue weighted by molar-refractivity contribution is 5.99. The first-order valence-electron chi connectivity index (χ1n) is 5.84. The maximum atomic E-state index is 12.8. The summed E-state index contributed by atoms with van der Waals surface area (Å²) in [4.78, 5) is 12.2.